The molecular weight excluding hydrogens is 312 g/mol. The molecule has 0 aromatic heterocycles. The molecule has 4 heteroatoms. The number of rotatable bonds is 7. The molecular formula is C21H26N2O2. The first-order valence-electron chi connectivity index (χ1n) is 9.04. The maximum Gasteiger partial charge on any atom is 0.332 e. The third-order valence-corrected chi connectivity index (χ3v) is 4.99. The maximum absolute atomic E-state index is 12.7. The number of hydrogen-bond acceptors (Lipinski definition) is 4. The lowest BCUT2D eigenvalue weighted by Gasteiger charge is -2.22. The van der Waals surface area contributed by atoms with Gasteiger partial charge in [-0.25, -0.2) is 4.79 Å². The SMILES string of the molecule is NCc1ccc(CNOC(=O)[C@H](c2ccccc2)C2CCCC2)cc1. The first-order chi connectivity index (χ1) is 12.3. The molecule has 3 rings (SSSR count). The van der Waals surface area contributed by atoms with Crippen LogP contribution in [0.3, 0.4) is 0 Å². The molecule has 0 spiro atoms. The number of nitrogens with one attached hydrogen (secondary N) is 1. The Morgan fingerprint density at radius 1 is 1.04 bits per heavy atom. The molecule has 1 aliphatic carbocycles. The van der Waals surface area contributed by atoms with Crippen molar-refractivity contribution in [1.29, 1.82) is 0 Å². The summed E-state index contributed by atoms with van der Waals surface area (Å²) < 4.78 is 0. The first kappa shape index (κ1) is 17.6. The van der Waals surface area contributed by atoms with Crippen molar-refractivity contribution in [2.45, 2.75) is 44.7 Å². The van der Waals surface area contributed by atoms with E-state index in [0.29, 0.717) is 19.0 Å². The summed E-state index contributed by atoms with van der Waals surface area (Å²) in [6.45, 7) is 1.02. The van der Waals surface area contributed by atoms with E-state index < -0.39 is 0 Å². The molecule has 2 aromatic rings. The van der Waals surface area contributed by atoms with Gasteiger partial charge in [-0.2, -0.15) is 0 Å². The highest BCUT2D eigenvalue weighted by molar-refractivity contribution is 5.78. The molecule has 1 aliphatic rings. The Bertz CT molecular complexity index is 664. The van der Waals surface area contributed by atoms with Crippen LogP contribution in [0.1, 0.15) is 48.3 Å². The fourth-order valence-electron chi connectivity index (χ4n) is 3.60. The summed E-state index contributed by atoms with van der Waals surface area (Å²) in [5.41, 5.74) is 11.6. The Kier molecular flexibility index (Phi) is 6.20. The van der Waals surface area contributed by atoms with Crippen molar-refractivity contribution >= 4 is 5.97 Å². The Balaban J connectivity index is 1.60. The van der Waals surface area contributed by atoms with Gasteiger partial charge in [-0.15, -0.1) is 5.48 Å². The molecule has 1 fully saturated rings. The van der Waals surface area contributed by atoms with Crippen molar-refractivity contribution in [2.75, 3.05) is 0 Å². The van der Waals surface area contributed by atoms with Crippen LogP contribution in [0.4, 0.5) is 0 Å². The molecule has 132 valence electrons. The topological polar surface area (TPSA) is 64.3 Å². The summed E-state index contributed by atoms with van der Waals surface area (Å²) >= 11 is 0. The van der Waals surface area contributed by atoms with Crippen LogP contribution >= 0.6 is 0 Å². The van der Waals surface area contributed by atoms with Gasteiger partial charge in [0.2, 0.25) is 0 Å². The molecule has 0 unspecified atom stereocenters. The summed E-state index contributed by atoms with van der Waals surface area (Å²) in [6, 6.07) is 18.0. The minimum Gasteiger partial charge on any atom is -0.370 e. The quantitative estimate of drug-likeness (QED) is 0.756. The van der Waals surface area contributed by atoms with E-state index in [1.54, 1.807) is 0 Å². The number of carbonyl (C=O) groups is 1. The van der Waals surface area contributed by atoms with Crippen LogP contribution in [0.2, 0.25) is 0 Å². The van der Waals surface area contributed by atoms with Crippen molar-refractivity contribution in [3.63, 3.8) is 0 Å². The number of benzene rings is 2. The lowest BCUT2D eigenvalue weighted by Crippen LogP contribution is -2.28. The molecule has 0 saturated heterocycles. The number of nitrogens with two attached hydrogens (primary N) is 1. The van der Waals surface area contributed by atoms with Gasteiger partial charge in [-0.3, -0.25) is 0 Å². The third-order valence-electron chi connectivity index (χ3n) is 4.99. The molecule has 4 nitrogen and oxygen atoms in total. The van der Waals surface area contributed by atoms with Gasteiger partial charge in [0.25, 0.3) is 0 Å². The molecule has 1 saturated carbocycles. The minimum absolute atomic E-state index is 0.184. The van der Waals surface area contributed by atoms with Gasteiger partial charge < -0.3 is 10.6 Å². The van der Waals surface area contributed by atoms with E-state index in [9.17, 15) is 4.79 Å². The molecule has 3 N–H and O–H groups in total. The van der Waals surface area contributed by atoms with E-state index in [2.05, 4.69) is 5.48 Å². The van der Waals surface area contributed by atoms with Crippen LogP contribution < -0.4 is 11.2 Å². The summed E-state index contributed by atoms with van der Waals surface area (Å²) in [4.78, 5) is 18.1. The fraction of sp³-hybridized carbons (Fsp3) is 0.381. The summed E-state index contributed by atoms with van der Waals surface area (Å²) in [5.74, 6) is 0.00744. The third kappa shape index (κ3) is 4.68. The molecule has 2 aromatic carbocycles. The summed E-state index contributed by atoms with van der Waals surface area (Å²) in [6.07, 6.45) is 4.58. The molecule has 0 amide bonds. The number of hydroxylamine groups is 1. The normalized spacial score (nSPS) is 15.9. The Morgan fingerprint density at radius 2 is 1.68 bits per heavy atom. The van der Waals surface area contributed by atoms with Gasteiger partial charge in [0.1, 0.15) is 0 Å². The highest BCUT2D eigenvalue weighted by Gasteiger charge is 2.33. The van der Waals surface area contributed by atoms with Crippen LogP contribution in [0.5, 0.6) is 0 Å². The van der Waals surface area contributed by atoms with Gasteiger partial charge in [-0.1, -0.05) is 67.4 Å². The smallest absolute Gasteiger partial charge is 0.332 e. The maximum atomic E-state index is 12.7. The van der Waals surface area contributed by atoms with E-state index in [1.165, 1.54) is 12.8 Å². The van der Waals surface area contributed by atoms with Gasteiger partial charge >= 0.3 is 5.97 Å². The van der Waals surface area contributed by atoms with E-state index in [4.69, 9.17) is 10.6 Å². The average molecular weight is 338 g/mol. The Morgan fingerprint density at radius 3 is 2.32 bits per heavy atom. The van der Waals surface area contributed by atoms with Gasteiger partial charge in [-0.05, 0) is 35.4 Å². The zero-order chi connectivity index (χ0) is 17.5. The van der Waals surface area contributed by atoms with E-state index in [-0.39, 0.29) is 11.9 Å². The zero-order valence-electron chi connectivity index (χ0n) is 14.5. The van der Waals surface area contributed by atoms with Crippen molar-refractivity contribution in [2.24, 2.45) is 11.7 Å². The standard InChI is InChI=1S/C21H26N2O2/c22-14-16-10-12-17(13-11-16)15-23-25-21(24)20(19-8-4-5-9-19)18-6-2-1-3-7-18/h1-3,6-7,10-13,19-20,23H,4-5,8-9,14-15,22H2/t20-/m1/s1. The minimum atomic E-state index is -0.184. The van der Waals surface area contributed by atoms with Gasteiger partial charge in [0.15, 0.2) is 0 Å². The predicted molar refractivity (Wildman–Crippen MR) is 98.4 cm³/mol. The highest BCUT2D eigenvalue weighted by atomic mass is 16.7. The van der Waals surface area contributed by atoms with Crippen LogP contribution in [-0.2, 0) is 22.7 Å². The van der Waals surface area contributed by atoms with Crippen molar-refractivity contribution in [3.8, 4) is 0 Å². The second-order valence-corrected chi connectivity index (χ2v) is 6.70. The van der Waals surface area contributed by atoms with Crippen LogP contribution in [0.15, 0.2) is 54.6 Å². The van der Waals surface area contributed by atoms with Crippen LogP contribution in [0.25, 0.3) is 0 Å². The molecule has 0 aliphatic heterocycles. The molecule has 0 heterocycles. The van der Waals surface area contributed by atoms with Gasteiger partial charge in [0, 0.05) is 6.54 Å². The Labute approximate surface area is 149 Å². The second-order valence-electron chi connectivity index (χ2n) is 6.70. The summed E-state index contributed by atoms with van der Waals surface area (Å²) in [7, 11) is 0. The predicted octanol–water partition coefficient (Wildman–Crippen LogP) is 3.67. The van der Waals surface area contributed by atoms with Crippen LogP contribution in [0, 0.1) is 5.92 Å². The lowest BCUT2D eigenvalue weighted by molar-refractivity contribution is -0.155. The van der Waals surface area contributed by atoms with Crippen molar-refractivity contribution in [3.05, 3.63) is 71.3 Å². The molecule has 1 atom stereocenters. The largest absolute Gasteiger partial charge is 0.370 e. The van der Waals surface area contributed by atoms with Gasteiger partial charge in [0.05, 0.1) is 12.5 Å². The van der Waals surface area contributed by atoms with Crippen LogP contribution in [-0.4, -0.2) is 5.97 Å². The number of hydrogen-bond donors (Lipinski definition) is 2. The molecule has 0 radical (unpaired) electrons. The molecule has 0 bridgehead atoms. The van der Waals surface area contributed by atoms with Crippen molar-refractivity contribution in [1.82, 2.24) is 5.48 Å². The average Bonchev–Trinajstić information content (AvgIpc) is 3.17. The summed E-state index contributed by atoms with van der Waals surface area (Å²) in [5, 5.41) is 0. The Hall–Kier alpha value is -2.17. The highest BCUT2D eigenvalue weighted by Crippen LogP contribution is 2.37. The second kappa shape index (κ2) is 8.79. The zero-order valence-corrected chi connectivity index (χ0v) is 14.5. The fourth-order valence-corrected chi connectivity index (χ4v) is 3.60. The van der Waals surface area contributed by atoms with Crippen molar-refractivity contribution < 1.29 is 9.63 Å². The van der Waals surface area contributed by atoms with E-state index in [1.807, 2.05) is 54.6 Å². The lowest BCUT2D eigenvalue weighted by atomic mass is 9.85. The first-order valence-corrected chi connectivity index (χ1v) is 9.04. The van der Waals surface area contributed by atoms with E-state index in [0.717, 1.165) is 29.5 Å². The monoisotopic (exact) mass is 338 g/mol. The van der Waals surface area contributed by atoms with E-state index >= 15 is 0 Å². The molecule has 25 heavy (non-hydrogen) atoms. The number of carbonyl (C=O) groups excluding carboxylic acids is 1.